The molecule has 0 bridgehead atoms. The molecule has 1 fully saturated rings. The number of fused-ring (bicyclic) bond motifs is 6. The summed E-state index contributed by atoms with van der Waals surface area (Å²) in [6, 6.07) is 77.3. The number of aryl methyl sites for hydroxylation is 5. The van der Waals surface area contributed by atoms with Gasteiger partial charge >= 0.3 is 20.4 Å². The second-order valence-corrected chi connectivity index (χ2v) is 38.2. The van der Waals surface area contributed by atoms with E-state index in [1.54, 1.807) is 130 Å². The van der Waals surface area contributed by atoms with E-state index in [-0.39, 0.29) is 11.5 Å². The van der Waals surface area contributed by atoms with Crippen LogP contribution < -0.4 is 42.6 Å². The normalized spacial score (nSPS) is 12.2. The van der Waals surface area contributed by atoms with E-state index in [9.17, 15) is 49.5 Å². The Bertz CT molecular complexity index is 7370. The molecule has 10 aromatic carbocycles. The molecule has 0 saturated carbocycles. The summed E-state index contributed by atoms with van der Waals surface area (Å²) in [5.74, 6) is 3.99. The Balaban J connectivity index is 0.000000141. The van der Waals surface area contributed by atoms with Gasteiger partial charge in [-0.15, -0.1) is 0 Å². The third kappa shape index (κ3) is 20.4. The summed E-state index contributed by atoms with van der Waals surface area (Å²) in [5, 5.41) is 35.4. The van der Waals surface area contributed by atoms with Gasteiger partial charge in [-0.1, -0.05) is 68.4 Å². The van der Waals surface area contributed by atoms with Crippen molar-refractivity contribution in [1.82, 2.24) is 31.4 Å². The van der Waals surface area contributed by atoms with E-state index >= 15 is 0 Å². The quantitative estimate of drug-likeness (QED) is 0.0371. The predicted octanol–water partition coefficient (Wildman–Crippen LogP) is 20.4. The molecule has 32 heteroatoms. The number of rotatable bonds is 27. The molecular weight excluding hydrogens is 1750 g/mol. The maximum absolute atomic E-state index is 12.7. The van der Waals surface area contributed by atoms with Crippen molar-refractivity contribution < 1.29 is 61.8 Å². The van der Waals surface area contributed by atoms with Gasteiger partial charge in [0.05, 0.1) is 121 Å². The zero-order valence-electron chi connectivity index (χ0n) is 76.0. The minimum absolute atomic E-state index is 0.0533. The molecule has 0 amide bonds. The number of benzene rings is 10. The molecule has 6 aromatic heterocycles. The zero-order valence-corrected chi connectivity index (χ0v) is 79.3. The molecule has 0 spiro atoms. The topological polar surface area (TPSA) is 346 Å². The van der Waals surface area contributed by atoms with Crippen LogP contribution in [0.25, 0.3) is 122 Å². The molecular formula is C100H106N14O14S4. The second kappa shape index (κ2) is 41.3. The summed E-state index contributed by atoms with van der Waals surface area (Å²) in [6.07, 6.45) is 3.44. The lowest BCUT2D eigenvalue weighted by molar-refractivity contribution is 0.415. The maximum atomic E-state index is 12.7. The standard InChI is InChI=1S/C22H24N4O3S.C22H26N4O3S.C20H16N2O2.2C18H20N2O3S/c1-3-26-21-14-18(29-2)9-10-19(21)20(15-23)22(26)16-7-6-8-17(13-16)24-30(27,28)25-11-4-5-12-25;1-5-25(6-2)30(27,28)24-17-10-8-9-16(13-17)22-20(15-23)19-12-11-18(29-4)14-21(19)26(22)7-3;1-3-22-18-11-15(23-2)5-6-16(18)17(12-21)20(22)14-4-7-19-13(10-14)8-9-24-19;1-4-24(21,22)19-15-7-5-13(6-8-15)18-12-14-11-16(23-3)9-10-17(14)20(18)2;1-4-24(21,22)19-14-10-8-13(9-11-14)17-12-15-16(20(17)2)6-5-7-18(15)23-3/h6-10,13-14,24H,3-5,11-12H2,1-2H3;8-14,24H,5-7H2,1-4H3;4-11H,3H2,1-2H3;2*5-12,19H,4H2,1-3H3. The van der Waals surface area contributed by atoms with Crippen molar-refractivity contribution in [2.75, 3.05) is 92.1 Å². The molecule has 0 unspecified atom stereocenters. The van der Waals surface area contributed by atoms with Crippen LogP contribution in [-0.4, -0.2) is 138 Å². The Hall–Kier alpha value is -14.2. The molecule has 17 rings (SSSR count). The first kappa shape index (κ1) is 95.4. The SMILES string of the molecule is CCN(CC)S(=O)(=O)Nc1cccc(-c2c(C#N)c3ccc(OC)cc3n2CC)c1.CCS(=O)(=O)Nc1ccc(-c2cc3c(OC)cccc3n2C)cc1.CCS(=O)(=O)Nc1ccc(-c2cc3cc(OC)ccc3n2C)cc1.CCn1c(-c2ccc3occc3c2)c(C#N)c2ccc(OC)cc21.CCn1c(-c2cccc(NS(=O)(=O)N3CCCC3)c2)c(C#N)c2ccc(OC)cc21. The highest BCUT2D eigenvalue weighted by Crippen LogP contribution is 2.42. The minimum Gasteiger partial charge on any atom is -0.497 e. The van der Waals surface area contributed by atoms with Crippen LogP contribution in [0.15, 0.2) is 235 Å². The van der Waals surface area contributed by atoms with Crippen LogP contribution in [0.4, 0.5) is 22.7 Å². The fraction of sp³-hybridized carbons (Fsp3) is 0.250. The molecule has 684 valence electrons. The first-order valence-corrected chi connectivity index (χ1v) is 49.2. The van der Waals surface area contributed by atoms with Gasteiger partial charge in [0.2, 0.25) is 20.0 Å². The Morgan fingerprint density at radius 1 is 0.379 bits per heavy atom. The predicted molar refractivity (Wildman–Crippen MR) is 528 cm³/mol. The van der Waals surface area contributed by atoms with E-state index in [1.807, 2.05) is 174 Å². The van der Waals surface area contributed by atoms with Crippen LogP contribution in [0.3, 0.4) is 0 Å². The molecule has 4 N–H and O–H groups in total. The molecule has 1 aliphatic heterocycles. The number of nitrogens with zero attached hydrogens (tertiary/aromatic N) is 10. The Morgan fingerprint density at radius 2 is 0.795 bits per heavy atom. The molecule has 132 heavy (non-hydrogen) atoms. The molecule has 0 radical (unpaired) electrons. The maximum Gasteiger partial charge on any atom is 0.301 e. The van der Waals surface area contributed by atoms with Crippen molar-refractivity contribution in [3.63, 3.8) is 0 Å². The Morgan fingerprint density at radius 3 is 1.23 bits per heavy atom. The van der Waals surface area contributed by atoms with Crippen molar-refractivity contribution in [2.45, 2.75) is 80.9 Å². The smallest absolute Gasteiger partial charge is 0.301 e. The highest BCUT2D eigenvalue weighted by molar-refractivity contribution is 7.93. The third-order valence-corrected chi connectivity index (χ3v) is 29.1. The number of anilines is 4. The Kier molecular flexibility index (Phi) is 29.8. The summed E-state index contributed by atoms with van der Waals surface area (Å²) in [6.45, 7) is 16.9. The molecule has 7 heterocycles. The molecule has 1 aliphatic rings. The lowest BCUT2D eigenvalue weighted by atomic mass is 10.0. The fourth-order valence-corrected chi connectivity index (χ4v) is 20.3. The van der Waals surface area contributed by atoms with Gasteiger partial charge in [0.15, 0.2) is 0 Å². The average molecular weight is 1860 g/mol. The van der Waals surface area contributed by atoms with E-state index in [2.05, 4.69) is 85.1 Å². The number of ether oxygens (including phenoxy) is 5. The van der Waals surface area contributed by atoms with Crippen LogP contribution in [0.1, 0.15) is 78.0 Å². The third-order valence-electron chi connectivity index (χ3n) is 23.2. The van der Waals surface area contributed by atoms with Crippen LogP contribution in [-0.2, 0) is 74.2 Å². The van der Waals surface area contributed by atoms with Crippen molar-refractivity contribution in [3.8, 4) is 103 Å². The monoisotopic (exact) mass is 1850 g/mol. The molecule has 0 aliphatic carbocycles. The molecule has 28 nitrogen and oxygen atoms in total. The first-order chi connectivity index (χ1) is 63.5. The van der Waals surface area contributed by atoms with Crippen molar-refractivity contribution >= 4 is 129 Å². The summed E-state index contributed by atoms with van der Waals surface area (Å²) >= 11 is 0. The Labute approximate surface area is 770 Å². The highest BCUT2D eigenvalue weighted by atomic mass is 32.2. The summed E-state index contributed by atoms with van der Waals surface area (Å²) in [5.41, 5.74) is 18.9. The number of hydrogen-bond donors (Lipinski definition) is 4. The van der Waals surface area contributed by atoms with Crippen molar-refractivity contribution in [2.24, 2.45) is 14.1 Å². The van der Waals surface area contributed by atoms with Crippen molar-refractivity contribution in [1.29, 1.82) is 15.8 Å². The number of nitrogens with one attached hydrogen (secondary N) is 4. The number of nitriles is 3. The summed E-state index contributed by atoms with van der Waals surface area (Å²) in [4.78, 5) is 0. The fourth-order valence-electron chi connectivity index (χ4n) is 16.5. The van der Waals surface area contributed by atoms with Gasteiger partial charge in [0.1, 0.15) is 52.5 Å². The number of aromatic nitrogens is 5. The van der Waals surface area contributed by atoms with Gasteiger partial charge in [-0.2, -0.15) is 41.2 Å². The van der Waals surface area contributed by atoms with Gasteiger partial charge in [-0.25, -0.2) is 16.8 Å². The van der Waals surface area contributed by atoms with Crippen LogP contribution >= 0.6 is 0 Å². The zero-order chi connectivity index (χ0) is 94.5. The van der Waals surface area contributed by atoms with Crippen LogP contribution in [0.2, 0.25) is 0 Å². The largest absolute Gasteiger partial charge is 0.497 e. The van der Waals surface area contributed by atoms with Gasteiger partial charge in [0, 0.05) is 155 Å². The van der Waals surface area contributed by atoms with E-state index < -0.39 is 40.5 Å². The van der Waals surface area contributed by atoms with E-state index in [0.29, 0.717) is 84.5 Å². The first-order valence-electron chi connectivity index (χ1n) is 43.1. The number of hydrogen-bond acceptors (Lipinski definition) is 17. The average Bonchev–Trinajstić information content (AvgIpc) is 1.61. The van der Waals surface area contributed by atoms with Crippen LogP contribution in [0, 0.1) is 34.0 Å². The van der Waals surface area contributed by atoms with E-state index in [1.165, 1.54) is 8.61 Å². The summed E-state index contributed by atoms with van der Waals surface area (Å²) in [7, 11) is -1.53. The lowest BCUT2D eigenvalue weighted by Crippen LogP contribution is -2.35. The van der Waals surface area contributed by atoms with E-state index in [4.69, 9.17) is 28.1 Å². The number of sulfonamides is 2. The lowest BCUT2D eigenvalue weighted by Gasteiger charge is -2.19. The second-order valence-electron chi connectivity index (χ2n) is 30.8. The van der Waals surface area contributed by atoms with Crippen molar-refractivity contribution in [3.05, 3.63) is 247 Å². The molecule has 16 aromatic rings. The van der Waals surface area contributed by atoms with E-state index in [0.717, 1.165) is 164 Å². The molecule has 0 atom stereocenters. The minimum atomic E-state index is -3.64. The summed E-state index contributed by atoms with van der Waals surface area (Å²) < 4.78 is 153. The number of methoxy groups -OCH3 is 5. The van der Waals surface area contributed by atoms with Gasteiger partial charge in [-0.05, 0) is 210 Å². The van der Waals surface area contributed by atoms with Gasteiger partial charge < -0.3 is 50.9 Å². The van der Waals surface area contributed by atoms with Gasteiger partial charge in [-0.3, -0.25) is 18.9 Å². The molecule has 1 saturated heterocycles. The van der Waals surface area contributed by atoms with Gasteiger partial charge in [0.25, 0.3) is 0 Å². The number of furan rings is 1. The highest BCUT2D eigenvalue weighted by Gasteiger charge is 2.28. The van der Waals surface area contributed by atoms with Crippen LogP contribution in [0.5, 0.6) is 28.7 Å².